The quantitative estimate of drug-likeness (QED) is 0.779. The molecule has 3 N–H and O–H groups in total. The summed E-state index contributed by atoms with van der Waals surface area (Å²) >= 11 is 0. The summed E-state index contributed by atoms with van der Waals surface area (Å²) in [4.78, 5) is 11.8. The molecular formula is C15H25N2O2+. The van der Waals surface area contributed by atoms with E-state index in [0.717, 1.165) is 12.2 Å². The number of hydrogen-bond donors (Lipinski definition) is 2. The largest absolute Gasteiger partial charge is 0.497 e. The summed E-state index contributed by atoms with van der Waals surface area (Å²) in [6.07, 6.45) is 0.982. The second kappa shape index (κ2) is 7.79. The van der Waals surface area contributed by atoms with Gasteiger partial charge in [-0.25, -0.2) is 0 Å². The number of methoxy groups -OCH3 is 1. The molecule has 0 bridgehead atoms. The number of amides is 1. The number of quaternary nitrogens is 1. The summed E-state index contributed by atoms with van der Waals surface area (Å²) in [5.74, 6) is 0.949. The zero-order valence-corrected chi connectivity index (χ0v) is 12.3. The second-order valence-corrected chi connectivity index (χ2v) is 4.66. The number of likely N-dealkylation sites (N-methyl/N-ethyl adjacent to an activating group) is 1. The molecule has 0 aliphatic rings. The predicted octanol–water partition coefficient (Wildman–Crippen LogP) is 1.23. The highest BCUT2D eigenvalue weighted by molar-refractivity contribution is 5.79. The van der Waals surface area contributed by atoms with Gasteiger partial charge in [0.2, 0.25) is 0 Å². The van der Waals surface area contributed by atoms with Gasteiger partial charge in [-0.15, -0.1) is 0 Å². The fraction of sp³-hybridized carbons (Fsp3) is 0.533. The third-order valence-corrected chi connectivity index (χ3v) is 3.27. The van der Waals surface area contributed by atoms with Gasteiger partial charge in [-0.1, -0.05) is 6.92 Å². The van der Waals surface area contributed by atoms with E-state index in [1.54, 1.807) is 7.11 Å². The minimum atomic E-state index is -0.0769. The Balaban J connectivity index is 2.68. The number of hydrogen-bond acceptors (Lipinski definition) is 2. The summed E-state index contributed by atoms with van der Waals surface area (Å²) in [7, 11) is 1.66. The summed E-state index contributed by atoms with van der Waals surface area (Å²) < 4.78 is 5.16. The molecule has 0 aliphatic carbocycles. The first-order valence-electron chi connectivity index (χ1n) is 6.89. The van der Waals surface area contributed by atoms with Gasteiger partial charge in [-0.2, -0.15) is 0 Å². The summed E-state index contributed by atoms with van der Waals surface area (Å²) in [6, 6.07) is 8.27. The molecule has 0 unspecified atom stereocenters. The Hall–Kier alpha value is -1.55. The summed E-state index contributed by atoms with van der Waals surface area (Å²) in [5.41, 5.74) is 1.22. The fourth-order valence-electron chi connectivity index (χ4n) is 2.11. The first-order valence-corrected chi connectivity index (χ1v) is 6.89. The van der Waals surface area contributed by atoms with E-state index in [0.29, 0.717) is 12.6 Å². The third kappa shape index (κ3) is 4.56. The number of nitrogens with two attached hydrogens (primary N) is 1. The zero-order chi connectivity index (χ0) is 14.3. The Morgan fingerprint density at radius 3 is 2.42 bits per heavy atom. The number of nitrogens with one attached hydrogen (secondary N) is 1. The van der Waals surface area contributed by atoms with E-state index in [9.17, 15) is 4.79 Å². The SMILES string of the molecule is CCNC(=O)[C@@H](C)[NH2+][C@H](CC)c1ccc(OC)cc1. The second-order valence-electron chi connectivity index (χ2n) is 4.66. The van der Waals surface area contributed by atoms with Crippen LogP contribution in [0.3, 0.4) is 0 Å². The van der Waals surface area contributed by atoms with Gasteiger partial charge in [0.1, 0.15) is 11.8 Å². The maximum Gasteiger partial charge on any atom is 0.277 e. The van der Waals surface area contributed by atoms with E-state index < -0.39 is 0 Å². The average molecular weight is 265 g/mol. The van der Waals surface area contributed by atoms with Crippen LogP contribution in [0.25, 0.3) is 0 Å². The molecule has 19 heavy (non-hydrogen) atoms. The van der Waals surface area contributed by atoms with Crippen LogP contribution in [0.4, 0.5) is 0 Å². The summed E-state index contributed by atoms with van der Waals surface area (Å²) in [6.45, 7) is 6.69. The molecule has 4 heteroatoms. The van der Waals surface area contributed by atoms with E-state index in [4.69, 9.17) is 4.74 Å². The smallest absolute Gasteiger partial charge is 0.277 e. The Kier molecular flexibility index (Phi) is 6.36. The van der Waals surface area contributed by atoms with Crippen molar-refractivity contribution >= 4 is 5.91 Å². The van der Waals surface area contributed by atoms with Crippen molar-refractivity contribution in [2.24, 2.45) is 0 Å². The first-order chi connectivity index (χ1) is 9.12. The maximum atomic E-state index is 11.8. The van der Waals surface area contributed by atoms with Crippen LogP contribution >= 0.6 is 0 Å². The van der Waals surface area contributed by atoms with Gasteiger partial charge in [0, 0.05) is 18.5 Å². The Morgan fingerprint density at radius 2 is 1.95 bits per heavy atom. The number of benzene rings is 1. The lowest BCUT2D eigenvalue weighted by Gasteiger charge is -2.19. The lowest BCUT2D eigenvalue weighted by molar-refractivity contribution is -0.713. The number of carbonyl (C=O) groups excluding carboxylic acids is 1. The molecule has 0 aromatic heterocycles. The standard InChI is InChI=1S/C15H24N2O2/c1-5-14(17-11(3)15(18)16-6-2)12-7-9-13(19-4)10-8-12/h7-11,14,17H,5-6H2,1-4H3,(H,16,18)/p+1/t11-,14-/m1/s1. The molecule has 2 atom stereocenters. The van der Waals surface area contributed by atoms with Gasteiger partial charge in [0.05, 0.1) is 7.11 Å². The molecule has 0 aliphatic heterocycles. The molecule has 106 valence electrons. The maximum absolute atomic E-state index is 11.8. The lowest BCUT2D eigenvalue weighted by atomic mass is 10.0. The lowest BCUT2D eigenvalue weighted by Crippen LogP contribution is -2.92. The van der Waals surface area contributed by atoms with Crippen LogP contribution in [-0.2, 0) is 4.79 Å². The van der Waals surface area contributed by atoms with Crippen molar-refractivity contribution < 1.29 is 14.8 Å². The Bertz CT molecular complexity index is 390. The van der Waals surface area contributed by atoms with Crippen LogP contribution in [0.1, 0.15) is 38.8 Å². The van der Waals surface area contributed by atoms with Crippen molar-refractivity contribution in [3.8, 4) is 5.75 Å². The number of ether oxygens (including phenoxy) is 1. The van der Waals surface area contributed by atoms with E-state index in [2.05, 4.69) is 29.7 Å². The monoisotopic (exact) mass is 265 g/mol. The van der Waals surface area contributed by atoms with Crippen molar-refractivity contribution in [1.29, 1.82) is 0 Å². The van der Waals surface area contributed by atoms with Crippen LogP contribution in [0.2, 0.25) is 0 Å². The number of rotatable bonds is 7. The minimum Gasteiger partial charge on any atom is -0.497 e. The Labute approximate surface area is 115 Å². The van der Waals surface area contributed by atoms with E-state index in [1.165, 1.54) is 5.56 Å². The van der Waals surface area contributed by atoms with Crippen molar-refractivity contribution in [3.63, 3.8) is 0 Å². The molecular weight excluding hydrogens is 240 g/mol. The van der Waals surface area contributed by atoms with Gasteiger partial charge >= 0.3 is 0 Å². The highest BCUT2D eigenvalue weighted by Gasteiger charge is 2.21. The molecule has 1 rings (SSSR count). The number of carbonyl (C=O) groups is 1. The normalized spacial score (nSPS) is 13.7. The average Bonchev–Trinajstić information content (AvgIpc) is 2.45. The Morgan fingerprint density at radius 1 is 1.32 bits per heavy atom. The molecule has 0 spiro atoms. The molecule has 0 saturated heterocycles. The van der Waals surface area contributed by atoms with Crippen molar-refractivity contribution in [2.45, 2.75) is 39.3 Å². The molecule has 0 fully saturated rings. The van der Waals surface area contributed by atoms with E-state index >= 15 is 0 Å². The third-order valence-electron chi connectivity index (χ3n) is 3.27. The van der Waals surface area contributed by atoms with Crippen LogP contribution in [-0.4, -0.2) is 25.6 Å². The molecule has 1 amide bonds. The molecule has 4 nitrogen and oxygen atoms in total. The van der Waals surface area contributed by atoms with Crippen molar-refractivity contribution in [3.05, 3.63) is 29.8 Å². The summed E-state index contributed by atoms with van der Waals surface area (Å²) in [5, 5.41) is 4.97. The predicted molar refractivity (Wildman–Crippen MR) is 76.1 cm³/mol. The topological polar surface area (TPSA) is 54.9 Å². The molecule has 1 aromatic carbocycles. The van der Waals surface area contributed by atoms with Crippen LogP contribution in [0, 0.1) is 0 Å². The zero-order valence-electron chi connectivity index (χ0n) is 12.3. The highest BCUT2D eigenvalue weighted by Crippen LogP contribution is 2.17. The van der Waals surface area contributed by atoms with Gasteiger partial charge in [-0.05, 0) is 38.1 Å². The van der Waals surface area contributed by atoms with Gasteiger partial charge in [-0.3, -0.25) is 4.79 Å². The molecule has 0 heterocycles. The van der Waals surface area contributed by atoms with E-state index in [-0.39, 0.29) is 11.9 Å². The molecule has 0 saturated carbocycles. The van der Waals surface area contributed by atoms with Crippen LogP contribution in [0.5, 0.6) is 5.75 Å². The van der Waals surface area contributed by atoms with Gasteiger partial charge in [0.25, 0.3) is 5.91 Å². The van der Waals surface area contributed by atoms with Gasteiger partial charge < -0.3 is 15.4 Å². The van der Waals surface area contributed by atoms with Crippen molar-refractivity contribution in [2.75, 3.05) is 13.7 Å². The molecule has 0 radical (unpaired) electrons. The van der Waals surface area contributed by atoms with Crippen LogP contribution in [0.15, 0.2) is 24.3 Å². The van der Waals surface area contributed by atoms with Crippen molar-refractivity contribution in [1.82, 2.24) is 5.32 Å². The highest BCUT2D eigenvalue weighted by atomic mass is 16.5. The van der Waals surface area contributed by atoms with Crippen LogP contribution < -0.4 is 15.4 Å². The first kappa shape index (κ1) is 15.5. The fourth-order valence-corrected chi connectivity index (χ4v) is 2.11. The van der Waals surface area contributed by atoms with E-state index in [1.807, 2.05) is 26.0 Å². The minimum absolute atomic E-state index is 0.0769. The molecule has 1 aromatic rings. The van der Waals surface area contributed by atoms with Gasteiger partial charge in [0.15, 0.2) is 6.04 Å².